The summed E-state index contributed by atoms with van der Waals surface area (Å²) in [4.78, 5) is 4.64. The summed E-state index contributed by atoms with van der Waals surface area (Å²) in [7, 11) is 0. The molecule has 0 spiro atoms. The topological polar surface area (TPSA) is 65.9 Å². The molecule has 6 heteroatoms. The van der Waals surface area contributed by atoms with Crippen LogP contribution in [0.2, 0.25) is 0 Å². The van der Waals surface area contributed by atoms with Gasteiger partial charge in [-0.2, -0.15) is 0 Å². The van der Waals surface area contributed by atoms with Crippen LogP contribution < -0.4 is 10.6 Å². The molecule has 2 rings (SSSR count). The Kier molecular flexibility index (Phi) is 9.59. The van der Waals surface area contributed by atoms with E-state index in [0.29, 0.717) is 12.1 Å². The van der Waals surface area contributed by atoms with Gasteiger partial charge < -0.3 is 20.5 Å². The van der Waals surface area contributed by atoms with E-state index in [9.17, 15) is 5.11 Å². The predicted octanol–water partition coefficient (Wildman–Crippen LogP) is 2.03. The second-order valence-electron chi connectivity index (χ2n) is 5.83. The van der Waals surface area contributed by atoms with Gasteiger partial charge in [-0.3, -0.25) is 4.99 Å². The van der Waals surface area contributed by atoms with Gasteiger partial charge in [0.15, 0.2) is 5.96 Å². The predicted molar refractivity (Wildman–Crippen MR) is 96.4 cm³/mol. The first kappa shape index (κ1) is 19.0. The zero-order valence-corrected chi connectivity index (χ0v) is 15.3. The second kappa shape index (κ2) is 10.6. The SMILES string of the molecule is CCNC(=NCCC1CCCO1)NC1CCC(O)CC1.I. The highest BCUT2D eigenvalue weighted by Gasteiger charge is 2.20. The van der Waals surface area contributed by atoms with Gasteiger partial charge in [-0.1, -0.05) is 0 Å². The molecule has 2 aliphatic rings. The maximum absolute atomic E-state index is 9.54. The number of aliphatic imine (C=N–C) groups is 1. The highest BCUT2D eigenvalue weighted by Crippen LogP contribution is 2.18. The van der Waals surface area contributed by atoms with Crippen molar-refractivity contribution in [3.8, 4) is 0 Å². The molecule has 2 fully saturated rings. The number of rotatable bonds is 5. The number of guanidine groups is 1. The summed E-state index contributed by atoms with van der Waals surface area (Å²) in [6.45, 7) is 4.69. The van der Waals surface area contributed by atoms with Gasteiger partial charge in [0.1, 0.15) is 0 Å². The van der Waals surface area contributed by atoms with Gasteiger partial charge in [0.25, 0.3) is 0 Å². The number of ether oxygens (including phenoxy) is 1. The lowest BCUT2D eigenvalue weighted by molar-refractivity contribution is 0.106. The van der Waals surface area contributed by atoms with Crippen LogP contribution in [0.15, 0.2) is 4.99 Å². The van der Waals surface area contributed by atoms with Crippen molar-refractivity contribution in [1.82, 2.24) is 10.6 Å². The summed E-state index contributed by atoms with van der Waals surface area (Å²) in [5.41, 5.74) is 0. The molecule has 1 aliphatic carbocycles. The maximum Gasteiger partial charge on any atom is 0.191 e. The minimum Gasteiger partial charge on any atom is -0.393 e. The molecule has 1 saturated carbocycles. The van der Waals surface area contributed by atoms with E-state index in [-0.39, 0.29) is 30.1 Å². The average Bonchev–Trinajstić information content (AvgIpc) is 2.95. The molecule has 21 heavy (non-hydrogen) atoms. The Morgan fingerprint density at radius 2 is 2.00 bits per heavy atom. The standard InChI is InChI=1S/C15H29N3O2.HI/c1-2-16-15(17-10-9-14-4-3-11-20-14)18-12-5-7-13(19)8-6-12;/h12-14,19H,2-11H2,1H3,(H2,16,17,18);1H. The molecule has 0 aromatic carbocycles. The molecule has 0 radical (unpaired) electrons. The number of aliphatic hydroxyl groups is 1. The first-order valence-electron chi connectivity index (χ1n) is 8.12. The molecule has 1 aliphatic heterocycles. The molecule has 1 heterocycles. The Morgan fingerprint density at radius 1 is 1.24 bits per heavy atom. The smallest absolute Gasteiger partial charge is 0.191 e. The molecule has 0 bridgehead atoms. The fraction of sp³-hybridized carbons (Fsp3) is 0.933. The van der Waals surface area contributed by atoms with Gasteiger partial charge in [0, 0.05) is 25.7 Å². The van der Waals surface area contributed by atoms with Gasteiger partial charge in [-0.05, 0) is 51.9 Å². The molecular weight excluding hydrogens is 381 g/mol. The lowest BCUT2D eigenvalue weighted by Gasteiger charge is -2.27. The summed E-state index contributed by atoms with van der Waals surface area (Å²) < 4.78 is 5.62. The third-order valence-corrected chi connectivity index (χ3v) is 4.13. The molecule has 124 valence electrons. The summed E-state index contributed by atoms with van der Waals surface area (Å²) in [6.07, 6.45) is 7.53. The van der Waals surface area contributed by atoms with E-state index in [1.165, 1.54) is 12.8 Å². The highest BCUT2D eigenvalue weighted by molar-refractivity contribution is 14.0. The van der Waals surface area contributed by atoms with Gasteiger partial charge in [-0.15, -0.1) is 24.0 Å². The van der Waals surface area contributed by atoms with Crippen molar-refractivity contribution < 1.29 is 9.84 Å². The Morgan fingerprint density at radius 3 is 2.62 bits per heavy atom. The van der Waals surface area contributed by atoms with Crippen molar-refractivity contribution in [2.75, 3.05) is 19.7 Å². The van der Waals surface area contributed by atoms with E-state index in [4.69, 9.17) is 4.74 Å². The normalized spacial score (nSPS) is 29.8. The van der Waals surface area contributed by atoms with Gasteiger partial charge in [-0.25, -0.2) is 0 Å². The molecule has 1 saturated heterocycles. The van der Waals surface area contributed by atoms with E-state index >= 15 is 0 Å². The third-order valence-electron chi connectivity index (χ3n) is 4.13. The van der Waals surface area contributed by atoms with Crippen molar-refractivity contribution >= 4 is 29.9 Å². The molecule has 3 N–H and O–H groups in total. The van der Waals surface area contributed by atoms with Crippen LogP contribution in [-0.4, -0.2) is 49.0 Å². The summed E-state index contributed by atoms with van der Waals surface area (Å²) in [5.74, 6) is 0.909. The lowest BCUT2D eigenvalue weighted by atomic mass is 9.93. The molecule has 0 aromatic rings. The minimum absolute atomic E-state index is 0. The minimum atomic E-state index is -0.105. The third kappa shape index (κ3) is 7.15. The Hall–Kier alpha value is -0.0800. The van der Waals surface area contributed by atoms with Crippen LogP contribution >= 0.6 is 24.0 Å². The van der Waals surface area contributed by atoms with Gasteiger partial charge >= 0.3 is 0 Å². The number of nitrogens with zero attached hydrogens (tertiary/aromatic N) is 1. The van der Waals surface area contributed by atoms with E-state index in [0.717, 1.165) is 57.8 Å². The van der Waals surface area contributed by atoms with Crippen molar-refractivity contribution in [2.45, 2.75) is 70.1 Å². The number of hydrogen-bond acceptors (Lipinski definition) is 3. The van der Waals surface area contributed by atoms with E-state index < -0.39 is 0 Å². The quantitative estimate of drug-likeness (QED) is 0.368. The summed E-state index contributed by atoms with van der Waals surface area (Å²) in [6, 6.07) is 0.443. The first-order valence-corrected chi connectivity index (χ1v) is 8.12. The van der Waals surface area contributed by atoms with E-state index in [1.807, 2.05) is 0 Å². The van der Waals surface area contributed by atoms with E-state index in [2.05, 4.69) is 22.5 Å². The van der Waals surface area contributed by atoms with Crippen LogP contribution in [0.25, 0.3) is 0 Å². The molecule has 1 atom stereocenters. The van der Waals surface area contributed by atoms with Crippen molar-refractivity contribution in [1.29, 1.82) is 0 Å². The first-order chi connectivity index (χ1) is 9.78. The second-order valence-corrected chi connectivity index (χ2v) is 5.83. The highest BCUT2D eigenvalue weighted by atomic mass is 127. The zero-order valence-electron chi connectivity index (χ0n) is 13.0. The average molecular weight is 411 g/mol. The van der Waals surface area contributed by atoms with E-state index in [1.54, 1.807) is 0 Å². The van der Waals surface area contributed by atoms with Crippen LogP contribution in [0.4, 0.5) is 0 Å². The summed E-state index contributed by atoms with van der Waals surface area (Å²) in [5, 5.41) is 16.3. The number of halogens is 1. The molecule has 5 nitrogen and oxygen atoms in total. The molecule has 0 amide bonds. The Bertz CT molecular complexity index is 301. The molecule has 0 aromatic heterocycles. The number of aliphatic hydroxyl groups excluding tert-OH is 1. The van der Waals surface area contributed by atoms with Crippen LogP contribution in [0, 0.1) is 0 Å². The molecule has 1 unspecified atom stereocenters. The fourth-order valence-electron chi connectivity index (χ4n) is 2.93. The van der Waals surface area contributed by atoms with Gasteiger partial charge in [0.2, 0.25) is 0 Å². The van der Waals surface area contributed by atoms with Crippen LogP contribution in [0.1, 0.15) is 51.9 Å². The lowest BCUT2D eigenvalue weighted by Crippen LogP contribution is -2.45. The summed E-state index contributed by atoms with van der Waals surface area (Å²) >= 11 is 0. The largest absolute Gasteiger partial charge is 0.393 e. The number of nitrogens with one attached hydrogen (secondary N) is 2. The van der Waals surface area contributed by atoms with Crippen molar-refractivity contribution in [3.63, 3.8) is 0 Å². The van der Waals surface area contributed by atoms with Crippen LogP contribution in [0.3, 0.4) is 0 Å². The van der Waals surface area contributed by atoms with Crippen LogP contribution in [-0.2, 0) is 4.74 Å². The zero-order chi connectivity index (χ0) is 14.2. The maximum atomic E-state index is 9.54. The Balaban J connectivity index is 0.00000220. The fourth-order valence-corrected chi connectivity index (χ4v) is 2.93. The van der Waals surface area contributed by atoms with Crippen LogP contribution in [0.5, 0.6) is 0 Å². The van der Waals surface area contributed by atoms with Crippen molar-refractivity contribution in [3.05, 3.63) is 0 Å². The molecular formula is C15H30IN3O2. The Labute approximate surface area is 145 Å². The number of hydrogen-bond donors (Lipinski definition) is 3. The monoisotopic (exact) mass is 411 g/mol. The van der Waals surface area contributed by atoms with Crippen molar-refractivity contribution in [2.24, 2.45) is 4.99 Å². The van der Waals surface area contributed by atoms with Gasteiger partial charge in [0.05, 0.1) is 12.2 Å².